The maximum atomic E-state index is 10.3. The lowest BCUT2D eigenvalue weighted by Crippen LogP contribution is -1.87. The molecule has 5 heteroatoms. The van der Waals surface area contributed by atoms with Gasteiger partial charge in [0.05, 0.1) is 10.7 Å². The van der Waals surface area contributed by atoms with E-state index in [0.717, 1.165) is 26.8 Å². The highest BCUT2D eigenvalue weighted by atomic mass is 79.9. The van der Waals surface area contributed by atoms with Crippen LogP contribution in [-0.2, 0) is 11.2 Å². The van der Waals surface area contributed by atoms with E-state index in [1.54, 1.807) is 6.08 Å². The maximum absolute atomic E-state index is 10.3. The van der Waals surface area contributed by atoms with Crippen LogP contribution in [0.3, 0.4) is 0 Å². The van der Waals surface area contributed by atoms with Gasteiger partial charge in [-0.3, -0.25) is 0 Å². The zero-order chi connectivity index (χ0) is 13.0. The largest absolute Gasteiger partial charge is 0.478 e. The van der Waals surface area contributed by atoms with Gasteiger partial charge in [0.15, 0.2) is 0 Å². The molecule has 0 saturated heterocycles. The number of halogens is 1. The summed E-state index contributed by atoms with van der Waals surface area (Å²) < 4.78 is 1.03. The Kier molecular flexibility index (Phi) is 4.28. The normalized spacial score (nSPS) is 10.9. The van der Waals surface area contributed by atoms with Crippen molar-refractivity contribution in [2.45, 2.75) is 6.42 Å². The number of thiazole rings is 1. The average Bonchev–Trinajstić information content (AvgIpc) is 2.78. The molecule has 1 N–H and O–H groups in total. The van der Waals surface area contributed by atoms with Crippen LogP contribution in [0.5, 0.6) is 0 Å². The van der Waals surface area contributed by atoms with E-state index >= 15 is 0 Å². The van der Waals surface area contributed by atoms with Crippen LogP contribution < -0.4 is 0 Å². The molecule has 1 aromatic carbocycles. The van der Waals surface area contributed by atoms with Gasteiger partial charge < -0.3 is 5.11 Å². The topological polar surface area (TPSA) is 50.2 Å². The van der Waals surface area contributed by atoms with Crippen LogP contribution in [0.2, 0.25) is 0 Å². The molecule has 0 aliphatic rings. The summed E-state index contributed by atoms with van der Waals surface area (Å²) in [7, 11) is 0. The molecule has 0 fully saturated rings. The Bertz CT molecular complexity index is 575. The van der Waals surface area contributed by atoms with Crippen LogP contribution in [0.4, 0.5) is 0 Å². The lowest BCUT2D eigenvalue weighted by Gasteiger charge is -1.96. The van der Waals surface area contributed by atoms with Crippen molar-refractivity contribution >= 4 is 33.2 Å². The maximum Gasteiger partial charge on any atom is 0.327 e. The monoisotopic (exact) mass is 323 g/mol. The number of allylic oxidation sites excluding steroid dienone is 1. The minimum absolute atomic E-state index is 0.549. The summed E-state index contributed by atoms with van der Waals surface area (Å²) in [6.07, 6.45) is 3.29. The smallest absolute Gasteiger partial charge is 0.327 e. The second kappa shape index (κ2) is 5.93. The first-order valence-electron chi connectivity index (χ1n) is 5.25. The van der Waals surface area contributed by atoms with Crippen molar-refractivity contribution in [3.05, 3.63) is 51.3 Å². The number of nitrogens with zero attached hydrogens (tertiary/aromatic N) is 1. The van der Waals surface area contributed by atoms with Crippen molar-refractivity contribution in [3.63, 3.8) is 0 Å². The van der Waals surface area contributed by atoms with Crippen LogP contribution in [0.1, 0.15) is 5.01 Å². The number of aromatic nitrogens is 1. The molecule has 0 bridgehead atoms. The van der Waals surface area contributed by atoms with Gasteiger partial charge in [-0.1, -0.05) is 34.1 Å². The first-order valence-corrected chi connectivity index (χ1v) is 6.92. The van der Waals surface area contributed by atoms with Gasteiger partial charge in [-0.05, 0) is 12.1 Å². The van der Waals surface area contributed by atoms with E-state index in [4.69, 9.17) is 5.11 Å². The fourth-order valence-corrected chi connectivity index (χ4v) is 2.46. The third-order valence-corrected chi connectivity index (χ3v) is 3.64. The number of carboxylic acids is 1. The number of carbonyl (C=O) groups is 1. The first kappa shape index (κ1) is 13.0. The Labute approximate surface area is 117 Å². The van der Waals surface area contributed by atoms with E-state index in [2.05, 4.69) is 20.9 Å². The Morgan fingerprint density at radius 1 is 1.39 bits per heavy atom. The zero-order valence-electron chi connectivity index (χ0n) is 9.34. The molecule has 0 spiro atoms. The summed E-state index contributed by atoms with van der Waals surface area (Å²) in [4.78, 5) is 14.8. The fourth-order valence-electron chi connectivity index (χ4n) is 1.42. The van der Waals surface area contributed by atoms with Crippen molar-refractivity contribution in [1.82, 2.24) is 4.98 Å². The van der Waals surface area contributed by atoms with E-state index in [1.807, 2.05) is 29.6 Å². The van der Waals surface area contributed by atoms with Gasteiger partial charge in [-0.2, -0.15) is 0 Å². The standard InChI is InChI=1S/C13H10BrNO2S/c14-10-6-4-9(5-7-10)11-8-18-12(15-11)2-1-3-13(16)17/h1,3-8H,2H2,(H,16,17)/b3-1+. The quantitative estimate of drug-likeness (QED) is 0.871. The van der Waals surface area contributed by atoms with Gasteiger partial charge in [0.1, 0.15) is 0 Å². The molecule has 1 aromatic heterocycles. The van der Waals surface area contributed by atoms with Crippen molar-refractivity contribution in [1.29, 1.82) is 0 Å². The number of carboxylic acid groups (broad SMARTS) is 1. The first-order chi connectivity index (χ1) is 8.65. The molecule has 0 radical (unpaired) electrons. The molecule has 3 nitrogen and oxygen atoms in total. The number of hydrogen-bond donors (Lipinski definition) is 1. The van der Waals surface area contributed by atoms with Gasteiger partial charge in [-0.25, -0.2) is 9.78 Å². The van der Waals surface area contributed by atoms with Crippen LogP contribution >= 0.6 is 27.3 Å². The summed E-state index contributed by atoms with van der Waals surface area (Å²) in [5.41, 5.74) is 1.98. The number of aliphatic carboxylic acids is 1. The molecular formula is C13H10BrNO2S. The highest BCUT2D eigenvalue weighted by molar-refractivity contribution is 9.10. The van der Waals surface area contributed by atoms with Crippen LogP contribution in [0.25, 0.3) is 11.3 Å². The van der Waals surface area contributed by atoms with Gasteiger partial charge in [0.2, 0.25) is 0 Å². The minimum atomic E-state index is -0.931. The minimum Gasteiger partial charge on any atom is -0.478 e. The van der Waals surface area contributed by atoms with Crippen molar-refractivity contribution in [3.8, 4) is 11.3 Å². The lowest BCUT2D eigenvalue weighted by molar-refractivity contribution is -0.131. The third-order valence-electron chi connectivity index (χ3n) is 2.24. The predicted octanol–water partition coefficient (Wildman–Crippen LogP) is 3.76. The molecule has 0 unspecified atom stereocenters. The van der Waals surface area contributed by atoms with E-state index in [1.165, 1.54) is 11.3 Å². The number of benzene rings is 1. The van der Waals surface area contributed by atoms with Gasteiger partial charge in [-0.15, -0.1) is 11.3 Å². The van der Waals surface area contributed by atoms with Crippen LogP contribution in [0, 0.1) is 0 Å². The molecule has 0 saturated carbocycles. The SMILES string of the molecule is O=C(O)/C=C/Cc1nc(-c2ccc(Br)cc2)cs1. The number of hydrogen-bond acceptors (Lipinski definition) is 3. The van der Waals surface area contributed by atoms with E-state index in [-0.39, 0.29) is 0 Å². The number of rotatable bonds is 4. The second-order valence-electron chi connectivity index (χ2n) is 3.58. The average molecular weight is 324 g/mol. The van der Waals surface area contributed by atoms with Crippen molar-refractivity contribution in [2.75, 3.05) is 0 Å². The van der Waals surface area contributed by atoms with Crippen molar-refractivity contribution < 1.29 is 9.90 Å². The highest BCUT2D eigenvalue weighted by Gasteiger charge is 2.03. The summed E-state index contributed by atoms with van der Waals surface area (Å²) in [5.74, 6) is -0.931. The third kappa shape index (κ3) is 3.51. The van der Waals surface area contributed by atoms with E-state index < -0.39 is 5.97 Å². The molecule has 0 atom stereocenters. The molecule has 0 aliphatic heterocycles. The van der Waals surface area contributed by atoms with Gasteiger partial charge in [0.25, 0.3) is 0 Å². The lowest BCUT2D eigenvalue weighted by atomic mass is 10.2. The molecule has 0 amide bonds. The summed E-state index contributed by atoms with van der Waals surface area (Å²) >= 11 is 4.92. The molecule has 2 rings (SSSR count). The second-order valence-corrected chi connectivity index (χ2v) is 5.44. The summed E-state index contributed by atoms with van der Waals surface area (Å²) in [6.45, 7) is 0. The van der Waals surface area contributed by atoms with Crippen molar-refractivity contribution in [2.24, 2.45) is 0 Å². The molecule has 92 valence electrons. The summed E-state index contributed by atoms with van der Waals surface area (Å²) in [5, 5.41) is 11.4. The molecular weight excluding hydrogens is 314 g/mol. The molecule has 1 heterocycles. The van der Waals surface area contributed by atoms with E-state index in [0.29, 0.717) is 6.42 Å². The Morgan fingerprint density at radius 2 is 2.11 bits per heavy atom. The zero-order valence-corrected chi connectivity index (χ0v) is 11.7. The Balaban J connectivity index is 2.10. The fraction of sp³-hybridized carbons (Fsp3) is 0.0769. The van der Waals surface area contributed by atoms with Crippen LogP contribution in [0.15, 0.2) is 46.3 Å². The Hall–Kier alpha value is -1.46. The Morgan fingerprint density at radius 3 is 2.78 bits per heavy atom. The van der Waals surface area contributed by atoms with Gasteiger partial charge in [0, 0.05) is 27.9 Å². The molecule has 0 aliphatic carbocycles. The van der Waals surface area contributed by atoms with E-state index in [9.17, 15) is 4.79 Å². The van der Waals surface area contributed by atoms with Crippen LogP contribution in [-0.4, -0.2) is 16.1 Å². The van der Waals surface area contributed by atoms with Gasteiger partial charge >= 0.3 is 5.97 Å². The highest BCUT2D eigenvalue weighted by Crippen LogP contribution is 2.23. The predicted molar refractivity (Wildman–Crippen MR) is 75.7 cm³/mol. The summed E-state index contributed by atoms with van der Waals surface area (Å²) in [6, 6.07) is 7.93. The molecule has 18 heavy (non-hydrogen) atoms. The molecule has 2 aromatic rings.